The summed E-state index contributed by atoms with van der Waals surface area (Å²) in [4.78, 5) is 10.1. The lowest BCUT2D eigenvalue weighted by Crippen LogP contribution is -1.90. The zero-order chi connectivity index (χ0) is 5.28. The van der Waals surface area contributed by atoms with Gasteiger partial charge in [0.05, 0.1) is 0 Å². The van der Waals surface area contributed by atoms with Crippen LogP contribution in [0.3, 0.4) is 0 Å². The zero-order valence-corrected chi connectivity index (χ0v) is 3.68. The van der Waals surface area contributed by atoms with E-state index in [9.17, 15) is 4.79 Å². The Morgan fingerprint density at radius 2 is 2.57 bits per heavy atom. The van der Waals surface area contributed by atoms with Crippen molar-refractivity contribution in [2.45, 2.75) is 0 Å². The van der Waals surface area contributed by atoms with E-state index in [-0.39, 0.29) is 12.6 Å². The lowest BCUT2D eigenvalue weighted by molar-refractivity contribution is -0.134. The third kappa shape index (κ3) is 0.826. The minimum absolute atomic E-state index is 0.263. The maximum Gasteiger partial charge on any atom is 0.330 e. The van der Waals surface area contributed by atoms with E-state index >= 15 is 0 Å². The van der Waals surface area contributed by atoms with E-state index in [0.29, 0.717) is 5.47 Å². The first-order chi connectivity index (χ1) is 3.29. The molecule has 0 spiro atoms. The van der Waals surface area contributed by atoms with E-state index in [2.05, 4.69) is 4.74 Å². The molecule has 0 N–H and O–H groups in total. The quantitative estimate of drug-likeness (QED) is 0.301. The number of hydrogen-bond donors (Lipinski definition) is 0. The van der Waals surface area contributed by atoms with Crippen LogP contribution in [0, 0.1) is 0 Å². The Kier molecular flexibility index (Phi) is 0.892. The molecule has 34 valence electrons. The van der Waals surface area contributed by atoms with Crippen LogP contribution in [0.25, 0.3) is 0 Å². The van der Waals surface area contributed by atoms with E-state index in [4.69, 9.17) is 7.85 Å². The number of carbonyl (C=O) groups excluding carboxylic acids is 1. The summed E-state index contributed by atoms with van der Waals surface area (Å²) < 4.78 is 4.41. The Morgan fingerprint density at radius 3 is 2.71 bits per heavy atom. The van der Waals surface area contributed by atoms with Gasteiger partial charge in [0.25, 0.3) is 0 Å². The van der Waals surface area contributed by atoms with Crippen LogP contribution in [-0.2, 0) is 9.53 Å². The molecule has 1 heterocycles. The van der Waals surface area contributed by atoms with Crippen molar-refractivity contribution in [2.75, 3.05) is 6.61 Å². The van der Waals surface area contributed by atoms with Gasteiger partial charge in [0, 0.05) is 6.08 Å². The summed E-state index contributed by atoms with van der Waals surface area (Å²) >= 11 is 0. The molecule has 0 unspecified atom stereocenters. The monoisotopic (exact) mass is 94.0 g/mol. The molecule has 0 fully saturated rings. The largest absolute Gasteiger partial charge is 0.459 e. The first kappa shape index (κ1) is 4.43. The molecule has 0 amide bonds. The molecule has 2 radical (unpaired) electrons. The van der Waals surface area contributed by atoms with Gasteiger partial charge in [-0.2, -0.15) is 0 Å². The van der Waals surface area contributed by atoms with Crippen LogP contribution in [-0.4, -0.2) is 20.4 Å². The summed E-state index contributed by atoms with van der Waals surface area (Å²) in [6.45, 7) is 0.263. The summed E-state index contributed by atoms with van der Waals surface area (Å²) in [6.07, 6.45) is 1.28. The third-order valence-corrected chi connectivity index (χ3v) is 0.684. The fourth-order valence-electron chi connectivity index (χ4n) is 0.389. The molecular formula is C4H3BO2. The van der Waals surface area contributed by atoms with Gasteiger partial charge in [-0.05, 0) is 0 Å². The molecule has 0 aromatic rings. The molecule has 1 aliphatic heterocycles. The van der Waals surface area contributed by atoms with Crippen LogP contribution in [0.4, 0.5) is 0 Å². The van der Waals surface area contributed by atoms with Crippen molar-refractivity contribution >= 4 is 13.8 Å². The fourth-order valence-corrected chi connectivity index (χ4v) is 0.389. The van der Waals surface area contributed by atoms with Gasteiger partial charge in [0.15, 0.2) is 0 Å². The van der Waals surface area contributed by atoms with Gasteiger partial charge in [-0.3, -0.25) is 0 Å². The summed E-state index contributed by atoms with van der Waals surface area (Å²) in [6, 6.07) is 0. The molecule has 0 aromatic carbocycles. The van der Waals surface area contributed by atoms with Gasteiger partial charge in [-0.25, -0.2) is 4.79 Å². The van der Waals surface area contributed by atoms with E-state index < -0.39 is 0 Å². The molecule has 1 aliphatic rings. The van der Waals surface area contributed by atoms with Gasteiger partial charge >= 0.3 is 5.97 Å². The predicted octanol–water partition coefficient (Wildman–Crippen LogP) is -0.404. The van der Waals surface area contributed by atoms with Crippen molar-refractivity contribution in [1.82, 2.24) is 0 Å². The van der Waals surface area contributed by atoms with E-state index in [1.165, 1.54) is 6.08 Å². The molecule has 0 bridgehead atoms. The first-order valence-corrected chi connectivity index (χ1v) is 1.92. The SMILES string of the molecule is [B]C1=CC(=O)OC1. The normalized spacial score (nSPS) is 18.9. The van der Waals surface area contributed by atoms with E-state index in [1.54, 1.807) is 0 Å². The number of rotatable bonds is 0. The van der Waals surface area contributed by atoms with Crippen LogP contribution in [0.5, 0.6) is 0 Å². The summed E-state index contributed by atoms with van der Waals surface area (Å²) in [5, 5.41) is 0. The molecule has 1 rings (SSSR count). The maximum absolute atomic E-state index is 10.1. The Bertz CT molecular complexity index is 128. The van der Waals surface area contributed by atoms with Crippen molar-refractivity contribution < 1.29 is 9.53 Å². The Morgan fingerprint density at radius 1 is 1.86 bits per heavy atom. The Hall–Kier alpha value is -0.725. The highest BCUT2D eigenvalue weighted by molar-refractivity contribution is 6.24. The van der Waals surface area contributed by atoms with Crippen LogP contribution >= 0.6 is 0 Å². The smallest absolute Gasteiger partial charge is 0.330 e. The second kappa shape index (κ2) is 1.41. The third-order valence-electron chi connectivity index (χ3n) is 0.684. The highest BCUT2D eigenvalue weighted by Gasteiger charge is 2.05. The van der Waals surface area contributed by atoms with Crippen molar-refractivity contribution in [3.05, 3.63) is 11.5 Å². The van der Waals surface area contributed by atoms with Crippen LogP contribution in [0.15, 0.2) is 11.5 Å². The molecule has 3 heteroatoms. The number of esters is 1. The minimum Gasteiger partial charge on any atom is -0.459 e. The summed E-state index contributed by atoms with van der Waals surface area (Å²) in [7, 11) is 5.14. The van der Waals surface area contributed by atoms with Crippen LogP contribution < -0.4 is 0 Å². The van der Waals surface area contributed by atoms with Crippen molar-refractivity contribution in [2.24, 2.45) is 0 Å². The maximum atomic E-state index is 10.1. The van der Waals surface area contributed by atoms with Crippen molar-refractivity contribution in [3.8, 4) is 0 Å². The van der Waals surface area contributed by atoms with Gasteiger partial charge in [-0.15, -0.1) is 0 Å². The number of carbonyl (C=O) groups is 1. The average molecular weight is 93.9 g/mol. The molecule has 0 aliphatic carbocycles. The van der Waals surface area contributed by atoms with Gasteiger partial charge < -0.3 is 4.74 Å². The van der Waals surface area contributed by atoms with Gasteiger partial charge in [0.1, 0.15) is 14.5 Å². The predicted molar refractivity (Wildman–Crippen MR) is 24.8 cm³/mol. The molecule has 0 aromatic heterocycles. The summed E-state index contributed by atoms with van der Waals surface area (Å²) in [5.74, 6) is -0.336. The Labute approximate surface area is 42.6 Å². The van der Waals surface area contributed by atoms with E-state index in [1.807, 2.05) is 0 Å². The number of cyclic esters (lactones) is 1. The highest BCUT2D eigenvalue weighted by Crippen LogP contribution is 1.98. The minimum atomic E-state index is -0.336. The molecule has 0 saturated carbocycles. The van der Waals surface area contributed by atoms with Crippen molar-refractivity contribution in [3.63, 3.8) is 0 Å². The highest BCUT2D eigenvalue weighted by atomic mass is 16.5. The fraction of sp³-hybridized carbons (Fsp3) is 0.250. The lowest BCUT2D eigenvalue weighted by Gasteiger charge is -1.85. The first-order valence-electron chi connectivity index (χ1n) is 1.92. The topological polar surface area (TPSA) is 26.3 Å². The van der Waals surface area contributed by atoms with E-state index in [0.717, 1.165) is 0 Å². The molecule has 2 nitrogen and oxygen atoms in total. The molecule has 7 heavy (non-hydrogen) atoms. The molecule has 0 saturated heterocycles. The molecule has 0 atom stereocenters. The van der Waals surface area contributed by atoms with Crippen LogP contribution in [0.2, 0.25) is 0 Å². The zero-order valence-electron chi connectivity index (χ0n) is 3.68. The van der Waals surface area contributed by atoms with Crippen molar-refractivity contribution in [1.29, 1.82) is 0 Å². The lowest BCUT2D eigenvalue weighted by atomic mass is 9.98. The summed E-state index contributed by atoms with van der Waals surface area (Å²) in [5.41, 5.74) is 0.505. The average Bonchev–Trinajstić information content (AvgIpc) is 1.87. The standard InChI is InChI=1S/C4H3BO2/c5-3-1-4(6)7-2-3/h1H,2H2. The van der Waals surface area contributed by atoms with Crippen LogP contribution in [0.1, 0.15) is 0 Å². The Balaban J connectivity index is 2.67. The van der Waals surface area contributed by atoms with Gasteiger partial charge in [0.2, 0.25) is 0 Å². The number of ether oxygens (including phenoxy) is 1. The van der Waals surface area contributed by atoms with Gasteiger partial charge in [-0.1, -0.05) is 5.47 Å². The molecular weight excluding hydrogens is 90.9 g/mol. The second-order valence-corrected chi connectivity index (χ2v) is 1.33. The second-order valence-electron chi connectivity index (χ2n) is 1.33. The number of hydrogen-bond acceptors (Lipinski definition) is 2.